The van der Waals surface area contributed by atoms with Crippen LogP contribution in [0.3, 0.4) is 0 Å². The van der Waals surface area contributed by atoms with E-state index in [0.29, 0.717) is 0 Å². The largest absolute Gasteiger partial charge is 0.490 e. The molecular formula is C12H11F4N3O4. The van der Waals surface area contributed by atoms with Gasteiger partial charge in [-0.05, 0) is 13.0 Å². The summed E-state index contributed by atoms with van der Waals surface area (Å²) in [6.07, 6.45) is -2.34. The molecule has 0 spiro atoms. The van der Waals surface area contributed by atoms with Gasteiger partial charge in [0.1, 0.15) is 11.1 Å². The van der Waals surface area contributed by atoms with Crippen LogP contribution in [0.1, 0.15) is 17.3 Å². The van der Waals surface area contributed by atoms with Gasteiger partial charge in [-0.15, -0.1) is 0 Å². The number of aromatic nitrogens is 2. The van der Waals surface area contributed by atoms with Crippen LogP contribution in [-0.4, -0.2) is 39.4 Å². The van der Waals surface area contributed by atoms with Crippen molar-refractivity contribution in [2.45, 2.75) is 13.1 Å². The lowest BCUT2D eigenvalue weighted by Crippen LogP contribution is -2.21. The average Bonchev–Trinajstić information content (AvgIpc) is 2.87. The van der Waals surface area contributed by atoms with E-state index in [0.717, 1.165) is 0 Å². The average molecular weight is 337 g/mol. The number of halogens is 4. The van der Waals surface area contributed by atoms with Crippen LogP contribution >= 0.6 is 0 Å². The number of nitrogens with two attached hydrogens (primary N) is 1. The maximum atomic E-state index is 13.7. The van der Waals surface area contributed by atoms with Crippen molar-refractivity contribution in [2.24, 2.45) is 0 Å². The second-order valence-corrected chi connectivity index (χ2v) is 3.96. The van der Waals surface area contributed by atoms with Crippen LogP contribution in [0, 0.1) is 5.82 Å². The van der Waals surface area contributed by atoms with Crippen molar-refractivity contribution in [1.29, 1.82) is 0 Å². The number of carbonyl (C=O) groups is 2. The molecule has 3 N–H and O–H groups in total. The molecule has 23 heavy (non-hydrogen) atoms. The van der Waals surface area contributed by atoms with Gasteiger partial charge in [-0.3, -0.25) is 0 Å². The van der Waals surface area contributed by atoms with Gasteiger partial charge in [-0.2, -0.15) is 18.3 Å². The first-order valence-corrected chi connectivity index (χ1v) is 5.98. The second-order valence-electron chi connectivity index (χ2n) is 3.96. The number of nitrogen functional groups attached to an aromatic ring is 1. The van der Waals surface area contributed by atoms with E-state index in [4.69, 9.17) is 20.4 Å². The lowest BCUT2D eigenvalue weighted by atomic mass is 10.2. The molecule has 2 aromatic heterocycles. The third-order valence-electron chi connectivity index (χ3n) is 2.39. The van der Waals surface area contributed by atoms with Gasteiger partial charge < -0.3 is 15.6 Å². The van der Waals surface area contributed by atoms with E-state index in [1.807, 2.05) is 0 Å². The van der Waals surface area contributed by atoms with Crippen molar-refractivity contribution >= 4 is 23.1 Å². The molecule has 0 aliphatic carbocycles. The molecule has 0 atom stereocenters. The topological polar surface area (TPSA) is 107 Å². The van der Waals surface area contributed by atoms with Crippen LogP contribution in [0.15, 0.2) is 18.5 Å². The van der Waals surface area contributed by atoms with Crippen molar-refractivity contribution in [2.75, 3.05) is 12.3 Å². The molecule has 0 fully saturated rings. The predicted octanol–water partition coefficient (Wildman–Crippen LogP) is 1.87. The number of hydrogen-bond donors (Lipinski definition) is 2. The Labute approximate surface area is 126 Å². The zero-order valence-electron chi connectivity index (χ0n) is 11.6. The zero-order chi connectivity index (χ0) is 17.8. The highest BCUT2D eigenvalue weighted by molar-refractivity contribution is 5.97. The summed E-state index contributed by atoms with van der Waals surface area (Å²) in [6, 6.07) is 1.38. The van der Waals surface area contributed by atoms with Crippen LogP contribution in [0.5, 0.6) is 0 Å². The monoisotopic (exact) mass is 337 g/mol. The van der Waals surface area contributed by atoms with Crippen LogP contribution in [-0.2, 0) is 9.53 Å². The number of carboxylic acid groups (broad SMARTS) is 1. The third kappa shape index (κ3) is 4.31. The molecule has 0 saturated heterocycles. The molecule has 0 aliphatic heterocycles. The van der Waals surface area contributed by atoms with Crippen LogP contribution in [0.25, 0.3) is 5.52 Å². The number of ether oxygens (including phenoxy) is 1. The van der Waals surface area contributed by atoms with Gasteiger partial charge in [-0.1, -0.05) is 0 Å². The molecular weight excluding hydrogens is 326 g/mol. The van der Waals surface area contributed by atoms with Gasteiger partial charge in [0, 0.05) is 6.20 Å². The fraction of sp³-hybridized carbons (Fsp3) is 0.250. The van der Waals surface area contributed by atoms with E-state index >= 15 is 0 Å². The molecule has 0 bridgehead atoms. The Kier molecular flexibility index (Phi) is 5.49. The molecule has 0 aliphatic rings. The number of anilines is 1. The van der Waals surface area contributed by atoms with Crippen LogP contribution in [0.4, 0.5) is 23.2 Å². The quantitative estimate of drug-likeness (QED) is 0.640. The third-order valence-corrected chi connectivity index (χ3v) is 2.39. The van der Waals surface area contributed by atoms with Crippen molar-refractivity contribution < 1.29 is 37.0 Å². The molecule has 2 aromatic rings. The molecule has 0 amide bonds. The highest BCUT2D eigenvalue weighted by Gasteiger charge is 2.38. The van der Waals surface area contributed by atoms with E-state index in [1.54, 1.807) is 6.92 Å². The number of carboxylic acids is 1. The Morgan fingerprint density at radius 2 is 2.00 bits per heavy atom. The second kappa shape index (κ2) is 6.94. The lowest BCUT2D eigenvalue weighted by Gasteiger charge is -2.02. The number of carbonyl (C=O) groups excluding carboxylic acids is 1. The summed E-state index contributed by atoms with van der Waals surface area (Å²) in [5.41, 5.74) is 5.51. The lowest BCUT2D eigenvalue weighted by molar-refractivity contribution is -0.192. The van der Waals surface area contributed by atoms with Crippen LogP contribution in [0.2, 0.25) is 0 Å². The van der Waals surface area contributed by atoms with E-state index in [1.165, 1.54) is 23.0 Å². The number of pyridine rings is 1. The summed E-state index contributed by atoms with van der Waals surface area (Å²) in [4.78, 5) is 20.4. The molecule has 0 radical (unpaired) electrons. The summed E-state index contributed by atoms with van der Waals surface area (Å²) in [5, 5.41) is 11.0. The van der Waals surface area contributed by atoms with E-state index in [-0.39, 0.29) is 23.4 Å². The van der Waals surface area contributed by atoms with Crippen molar-refractivity contribution in [3.63, 3.8) is 0 Å². The minimum Gasteiger partial charge on any atom is -0.475 e. The molecule has 2 rings (SSSR count). The Morgan fingerprint density at radius 3 is 2.48 bits per heavy atom. The van der Waals surface area contributed by atoms with Crippen molar-refractivity contribution in [3.8, 4) is 0 Å². The van der Waals surface area contributed by atoms with Gasteiger partial charge in [0.05, 0.1) is 18.5 Å². The predicted molar refractivity (Wildman–Crippen MR) is 69.2 cm³/mol. The summed E-state index contributed by atoms with van der Waals surface area (Å²) in [5.74, 6) is -4.03. The van der Waals surface area contributed by atoms with Gasteiger partial charge in [-0.25, -0.2) is 18.5 Å². The van der Waals surface area contributed by atoms with Gasteiger partial charge in [0.25, 0.3) is 0 Å². The smallest absolute Gasteiger partial charge is 0.475 e. The van der Waals surface area contributed by atoms with E-state index in [9.17, 15) is 22.4 Å². The fourth-order valence-corrected chi connectivity index (χ4v) is 1.41. The number of alkyl halides is 3. The fourth-order valence-electron chi connectivity index (χ4n) is 1.41. The Morgan fingerprint density at radius 1 is 1.43 bits per heavy atom. The number of esters is 1. The summed E-state index contributed by atoms with van der Waals surface area (Å²) >= 11 is 0. The molecule has 2 heterocycles. The molecule has 7 nitrogen and oxygen atoms in total. The Hall–Kier alpha value is -2.85. The highest BCUT2D eigenvalue weighted by Crippen LogP contribution is 2.20. The first-order chi connectivity index (χ1) is 10.6. The molecule has 0 unspecified atom stereocenters. The van der Waals surface area contributed by atoms with Crippen molar-refractivity contribution in [1.82, 2.24) is 9.61 Å². The van der Waals surface area contributed by atoms with Gasteiger partial charge in [0.15, 0.2) is 5.82 Å². The number of nitrogens with zero attached hydrogens (tertiary/aromatic N) is 2. The molecule has 11 heteroatoms. The minimum absolute atomic E-state index is 0.0291. The standard InChI is InChI=1S/C10H10FN3O2.C2HF3O2/c1-2-16-10(15)6-5-13-14-4-3-7(12)8(11)9(6)14;3-2(4,5)1(6)7/h3-5H,2,12H2,1H3;(H,6,7). The van der Waals surface area contributed by atoms with E-state index < -0.39 is 23.9 Å². The molecule has 0 saturated carbocycles. The van der Waals surface area contributed by atoms with Crippen LogP contribution < -0.4 is 5.73 Å². The Balaban J connectivity index is 0.000000322. The first kappa shape index (κ1) is 18.2. The molecule has 0 aromatic carbocycles. The summed E-state index contributed by atoms with van der Waals surface area (Å²) < 4.78 is 51.5. The molecule has 126 valence electrons. The normalized spacial score (nSPS) is 10.8. The minimum atomic E-state index is -5.08. The maximum Gasteiger partial charge on any atom is 0.490 e. The summed E-state index contributed by atoms with van der Waals surface area (Å²) in [7, 11) is 0. The summed E-state index contributed by atoms with van der Waals surface area (Å²) in [6.45, 7) is 1.90. The van der Waals surface area contributed by atoms with Gasteiger partial charge in [0.2, 0.25) is 0 Å². The van der Waals surface area contributed by atoms with E-state index in [2.05, 4.69) is 5.10 Å². The van der Waals surface area contributed by atoms with Crippen molar-refractivity contribution in [3.05, 3.63) is 29.8 Å². The zero-order valence-corrected chi connectivity index (χ0v) is 11.6. The Bertz CT molecular complexity index is 727. The number of rotatable bonds is 2. The maximum absolute atomic E-state index is 13.7. The first-order valence-electron chi connectivity index (χ1n) is 5.98. The number of fused-ring (bicyclic) bond motifs is 1. The number of hydrogen-bond acceptors (Lipinski definition) is 5. The number of aliphatic carboxylic acids is 1. The highest BCUT2D eigenvalue weighted by atomic mass is 19.4. The SMILES string of the molecule is CCOC(=O)c1cnn2ccc(N)c(F)c12.O=C(O)C(F)(F)F. The van der Waals surface area contributed by atoms with Gasteiger partial charge >= 0.3 is 18.1 Å².